The molecule has 1 aromatic rings. The van der Waals surface area contributed by atoms with E-state index in [2.05, 4.69) is 5.32 Å². The minimum atomic E-state index is -1.42. The van der Waals surface area contributed by atoms with Crippen molar-refractivity contribution in [1.82, 2.24) is 5.32 Å². The average Bonchev–Trinajstić information content (AvgIpc) is 2.26. The summed E-state index contributed by atoms with van der Waals surface area (Å²) in [4.78, 5) is 0. The Hall–Kier alpha value is -1.29. The van der Waals surface area contributed by atoms with Crippen LogP contribution >= 0.6 is 0 Å². The smallest absolute Gasteiger partial charge is 0.195 e. The van der Waals surface area contributed by atoms with Crippen molar-refractivity contribution in [1.29, 1.82) is 0 Å². The molecule has 1 N–H and O–H groups in total. The van der Waals surface area contributed by atoms with Gasteiger partial charge < -0.3 is 5.32 Å². The summed E-state index contributed by atoms with van der Waals surface area (Å²) in [5.74, 6) is -3.71. The summed E-state index contributed by atoms with van der Waals surface area (Å²) in [6.45, 7) is 2.42. The Morgan fingerprint density at radius 3 is 2.56 bits per heavy atom. The Kier molecular flexibility index (Phi) is 4.55. The molecule has 1 rings (SSSR count). The van der Waals surface area contributed by atoms with Crippen molar-refractivity contribution in [3.8, 4) is 0 Å². The van der Waals surface area contributed by atoms with Gasteiger partial charge in [0.2, 0.25) is 0 Å². The SMILES string of the molecule is CNCCC=C(C)c1ccc(F)c(F)c1F. The molecule has 0 unspecified atom stereocenters. The van der Waals surface area contributed by atoms with Gasteiger partial charge in [0.15, 0.2) is 17.5 Å². The fourth-order valence-corrected chi connectivity index (χ4v) is 1.37. The normalized spacial score (nSPS) is 11.9. The van der Waals surface area contributed by atoms with Crippen LogP contribution < -0.4 is 5.32 Å². The number of hydrogen-bond acceptors (Lipinski definition) is 1. The molecule has 1 nitrogen and oxygen atoms in total. The summed E-state index contributed by atoms with van der Waals surface area (Å²) in [7, 11) is 1.81. The lowest BCUT2D eigenvalue weighted by atomic mass is 10.1. The van der Waals surface area contributed by atoms with E-state index in [0.29, 0.717) is 12.0 Å². The summed E-state index contributed by atoms with van der Waals surface area (Å²) in [5.41, 5.74) is 0.710. The molecule has 0 aliphatic carbocycles. The Morgan fingerprint density at radius 2 is 1.94 bits per heavy atom. The third-order valence-corrected chi connectivity index (χ3v) is 2.30. The van der Waals surface area contributed by atoms with E-state index in [1.807, 2.05) is 0 Å². The molecule has 0 amide bonds. The van der Waals surface area contributed by atoms with E-state index in [1.165, 1.54) is 6.07 Å². The third-order valence-electron chi connectivity index (χ3n) is 2.30. The fraction of sp³-hybridized carbons (Fsp3) is 0.333. The monoisotopic (exact) mass is 229 g/mol. The molecule has 0 saturated carbocycles. The van der Waals surface area contributed by atoms with E-state index in [9.17, 15) is 13.2 Å². The molecule has 0 fully saturated rings. The number of allylic oxidation sites excluding steroid dienone is 1. The predicted molar refractivity (Wildman–Crippen MR) is 58.5 cm³/mol. The van der Waals surface area contributed by atoms with Crippen LogP contribution in [0.25, 0.3) is 5.57 Å². The molecule has 0 aliphatic heterocycles. The summed E-state index contributed by atoms with van der Waals surface area (Å²) in [6, 6.07) is 2.18. The number of halogens is 3. The highest BCUT2D eigenvalue weighted by Crippen LogP contribution is 2.22. The minimum Gasteiger partial charge on any atom is -0.319 e. The Labute approximate surface area is 93.0 Å². The molecule has 0 bridgehead atoms. The van der Waals surface area contributed by atoms with Gasteiger partial charge in [0.1, 0.15) is 0 Å². The van der Waals surface area contributed by atoms with Crippen LogP contribution in [0.1, 0.15) is 18.9 Å². The summed E-state index contributed by atoms with van der Waals surface area (Å²) in [5, 5.41) is 2.94. The fourth-order valence-electron chi connectivity index (χ4n) is 1.37. The summed E-state index contributed by atoms with van der Waals surface area (Å²) in [6.07, 6.45) is 2.49. The van der Waals surface area contributed by atoms with Gasteiger partial charge in [0, 0.05) is 5.56 Å². The average molecular weight is 229 g/mol. The van der Waals surface area contributed by atoms with Gasteiger partial charge in [-0.3, -0.25) is 0 Å². The lowest BCUT2D eigenvalue weighted by Crippen LogP contribution is -2.06. The van der Waals surface area contributed by atoms with Crippen molar-refractivity contribution in [2.45, 2.75) is 13.3 Å². The van der Waals surface area contributed by atoms with E-state index in [1.54, 1.807) is 20.0 Å². The predicted octanol–water partition coefficient (Wildman–Crippen LogP) is 3.12. The summed E-state index contributed by atoms with van der Waals surface area (Å²) < 4.78 is 39.0. The molecule has 0 aromatic heterocycles. The maximum Gasteiger partial charge on any atom is 0.195 e. The number of rotatable bonds is 4. The molecule has 0 saturated heterocycles. The van der Waals surface area contributed by atoms with E-state index in [0.717, 1.165) is 12.6 Å². The van der Waals surface area contributed by atoms with Crippen molar-refractivity contribution in [2.24, 2.45) is 0 Å². The Balaban J connectivity index is 2.96. The molecule has 0 radical (unpaired) electrons. The number of nitrogens with one attached hydrogen (secondary N) is 1. The maximum atomic E-state index is 13.4. The van der Waals surface area contributed by atoms with Gasteiger partial charge in [0.05, 0.1) is 0 Å². The van der Waals surface area contributed by atoms with Gasteiger partial charge in [-0.05, 0) is 44.6 Å². The van der Waals surface area contributed by atoms with Gasteiger partial charge in [0.25, 0.3) is 0 Å². The van der Waals surface area contributed by atoms with Crippen LogP contribution in [0.3, 0.4) is 0 Å². The van der Waals surface area contributed by atoms with Crippen LogP contribution in [0.5, 0.6) is 0 Å². The van der Waals surface area contributed by atoms with Crippen LogP contribution in [0.4, 0.5) is 13.2 Å². The number of hydrogen-bond donors (Lipinski definition) is 1. The van der Waals surface area contributed by atoms with Gasteiger partial charge in [-0.25, -0.2) is 13.2 Å². The lowest BCUT2D eigenvalue weighted by molar-refractivity contribution is 0.445. The molecule has 88 valence electrons. The highest BCUT2D eigenvalue weighted by atomic mass is 19.2. The van der Waals surface area contributed by atoms with Crippen molar-refractivity contribution in [2.75, 3.05) is 13.6 Å². The second-order valence-corrected chi connectivity index (χ2v) is 3.50. The third kappa shape index (κ3) is 2.85. The quantitative estimate of drug-likeness (QED) is 0.618. The van der Waals surface area contributed by atoms with E-state index in [-0.39, 0.29) is 5.56 Å². The van der Waals surface area contributed by atoms with Crippen LogP contribution in [0, 0.1) is 17.5 Å². The molecule has 1 aromatic carbocycles. The van der Waals surface area contributed by atoms with Crippen LogP contribution in [0.2, 0.25) is 0 Å². The largest absolute Gasteiger partial charge is 0.319 e. The summed E-state index contributed by atoms with van der Waals surface area (Å²) >= 11 is 0. The van der Waals surface area contributed by atoms with Gasteiger partial charge in [-0.2, -0.15) is 0 Å². The molecular weight excluding hydrogens is 215 g/mol. The van der Waals surface area contributed by atoms with E-state index < -0.39 is 17.5 Å². The van der Waals surface area contributed by atoms with Crippen LogP contribution in [0.15, 0.2) is 18.2 Å². The molecule has 16 heavy (non-hydrogen) atoms. The molecule has 0 spiro atoms. The molecule has 0 atom stereocenters. The Bertz CT molecular complexity index is 399. The van der Waals surface area contributed by atoms with Crippen molar-refractivity contribution in [3.05, 3.63) is 41.2 Å². The zero-order valence-electron chi connectivity index (χ0n) is 9.28. The zero-order valence-corrected chi connectivity index (χ0v) is 9.28. The second-order valence-electron chi connectivity index (χ2n) is 3.50. The molecular formula is C12H14F3N. The van der Waals surface area contributed by atoms with Crippen LogP contribution in [-0.2, 0) is 0 Å². The first kappa shape index (κ1) is 12.8. The topological polar surface area (TPSA) is 12.0 Å². The highest BCUT2D eigenvalue weighted by molar-refractivity contribution is 5.64. The lowest BCUT2D eigenvalue weighted by Gasteiger charge is -2.05. The minimum absolute atomic E-state index is 0.106. The van der Waals surface area contributed by atoms with E-state index >= 15 is 0 Å². The van der Waals surface area contributed by atoms with Crippen molar-refractivity contribution >= 4 is 5.57 Å². The molecule has 0 aliphatic rings. The zero-order chi connectivity index (χ0) is 12.1. The Morgan fingerprint density at radius 1 is 1.25 bits per heavy atom. The maximum absolute atomic E-state index is 13.4. The first-order chi connectivity index (χ1) is 7.57. The van der Waals surface area contributed by atoms with Gasteiger partial charge in [-0.1, -0.05) is 6.08 Å². The molecule has 4 heteroatoms. The molecule has 0 heterocycles. The first-order valence-electron chi connectivity index (χ1n) is 5.03. The highest BCUT2D eigenvalue weighted by Gasteiger charge is 2.13. The standard InChI is InChI=1S/C12H14F3N/c1-8(4-3-7-16-2)9-5-6-10(13)12(15)11(9)14/h4-6,16H,3,7H2,1-2H3. The van der Waals surface area contributed by atoms with Gasteiger partial charge in [-0.15, -0.1) is 0 Å². The van der Waals surface area contributed by atoms with E-state index in [4.69, 9.17) is 0 Å². The van der Waals surface area contributed by atoms with Crippen molar-refractivity contribution in [3.63, 3.8) is 0 Å². The second kappa shape index (κ2) is 5.70. The van der Waals surface area contributed by atoms with Crippen LogP contribution in [-0.4, -0.2) is 13.6 Å². The number of benzene rings is 1. The van der Waals surface area contributed by atoms with Gasteiger partial charge >= 0.3 is 0 Å². The first-order valence-corrected chi connectivity index (χ1v) is 5.03. The van der Waals surface area contributed by atoms with Crippen molar-refractivity contribution < 1.29 is 13.2 Å².